The van der Waals surface area contributed by atoms with Crippen molar-refractivity contribution >= 4 is 11.6 Å². The Morgan fingerprint density at radius 2 is 1.70 bits per heavy atom. The van der Waals surface area contributed by atoms with Gasteiger partial charge in [-0.05, 0) is 37.0 Å². The molecule has 1 unspecified atom stereocenters. The standard InChI is InChI=1S/C19H27ClN2O/c20-18-10-8-17(9-11-18)15-19(23)7-5-3-1-2-4-6-13-22-14-12-21-16-22/h8-12,14,16,19,23H,1-7,13,15H2. The fourth-order valence-corrected chi connectivity index (χ4v) is 2.92. The number of aliphatic hydroxyl groups excluding tert-OH is 1. The minimum Gasteiger partial charge on any atom is -0.393 e. The van der Waals surface area contributed by atoms with Gasteiger partial charge >= 0.3 is 0 Å². The van der Waals surface area contributed by atoms with Crippen LogP contribution in [0.25, 0.3) is 0 Å². The van der Waals surface area contributed by atoms with Crippen molar-refractivity contribution < 1.29 is 5.11 Å². The van der Waals surface area contributed by atoms with Crippen LogP contribution >= 0.6 is 11.6 Å². The quantitative estimate of drug-likeness (QED) is 0.595. The summed E-state index contributed by atoms with van der Waals surface area (Å²) in [5.41, 5.74) is 1.15. The molecular weight excluding hydrogens is 308 g/mol. The fourth-order valence-electron chi connectivity index (χ4n) is 2.80. The van der Waals surface area contributed by atoms with Crippen LogP contribution in [0.4, 0.5) is 0 Å². The predicted molar refractivity (Wildman–Crippen MR) is 95.7 cm³/mol. The van der Waals surface area contributed by atoms with Crippen LogP contribution in [0.5, 0.6) is 0 Å². The molecular formula is C19H27ClN2O. The van der Waals surface area contributed by atoms with Crippen molar-refractivity contribution in [1.29, 1.82) is 0 Å². The Hall–Kier alpha value is -1.32. The normalized spacial score (nSPS) is 12.4. The van der Waals surface area contributed by atoms with E-state index in [9.17, 15) is 5.11 Å². The van der Waals surface area contributed by atoms with Crippen LogP contribution in [-0.2, 0) is 13.0 Å². The van der Waals surface area contributed by atoms with Crippen molar-refractivity contribution in [3.8, 4) is 0 Å². The first-order chi connectivity index (χ1) is 11.2. The Labute approximate surface area is 144 Å². The molecule has 0 aliphatic heterocycles. The van der Waals surface area contributed by atoms with E-state index in [1.807, 2.05) is 43.0 Å². The Kier molecular flexibility index (Phi) is 8.19. The van der Waals surface area contributed by atoms with Crippen LogP contribution in [0.3, 0.4) is 0 Å². The van der Waals surface area contributed by atoms with Gasteiger partial charge in [-0.2, -0.15) is 0 Å². The highest BCUT2D eigenvalue weighted by Crippen LogP contribution is 2.14. The summed E-state index contributed by atoms with van der Waals surface area (Å²) in [6, 6.07) is 7.75. The third-order valence-electron chi connectivity index (χ3n) is 4.15. The first-order valence-corrected chi connectivity index (χ1v) is 9.00. The number of halogens is 1. The lowest BCUT2D eigenvalue weighted by Gasteiger charge is -2.10. The number of aromatic nitrogens is 2. The first kappa shape index (κ1) is 18.0. The average Bonchev–Trinajstić information content (AvgIpc) is 3.05. The number of hydrogen-bond acceptors (Lipinski definition) is 2. The van der Waals surface area contributed by atoms with Crippen molar-refractivity contribution in [3.63, 3.8) is 0 Å². The van der Waals surface area contributed by atoms with Crippen LogP contribution in [0, 0.1) is 0 Å². The van der Waals surface area contributed by atoms with Crippen LogP contribution in [-0.4, -0.2) is 20.8 Å². The number of hydrogen-bond donors (Lipinski definition) is 1. The zero-order valence-corrected chi connectivity index (χ0v) is 14.5. The third kappa shape index (κ3) is 7.67. The van der Waals surface area contributed by atoms with E-state index >= 15 is 0 Å². The first-order valence-electron chi connectivity index (χ1n) is 8.62. The van der Waals surface area contributed by atoms with E-state index in [4.69, 9.17) is 11.6 Å². The monoisotopic (exact) mass is 334 g/mol. The molecule has 1 aromatic heterocycles. The molecule has 0 saturated carbocycles. The average molecular weight is 335 g/mol. The second kappa shape index (κ2) is 10.5. The number of nitrogens with zero attached hydrogens (tertiary/aromatic N) is 2. The van der Waals surface area contributed by atoms with Gasteiger partial charge in [0.1, 0.15) is 0 Å². The fraction of sp³-hybridized carbons (Fsp3) is 0.526. The van der Waals surface area contributed by atoms with Crippen LogP contribution in [0.15, 0.2) is 43.0 Å². The lowest BCUT2D eigenvalue weighted by atomic mass is 10.0. The summed E-state index contributed by atoms with van der Waals surface area (Å²) in [6.07, 6.45) is 14.4. The third-order valence-corrected chi connectivity index (χ3v) is 4.40. The van der Waals surface area contributed by atoms with E-state index in [1.54, 1.807) is 0 Å². The molecule has 2 rings (SSSR count). The molecule has 0 fully saturated rings. The highest BCUT2D eigenvalue weighted by Gasteiger charge is 2.05. The smallest absolute Gasteiger partial charge is 0.0945 e. The lowest BCUT2D eigenvalue weighted by molar-refractivity contribution is 0.161. The van der Waals surface area contributed by atoms with Crippen LogP contribution in [0.1, 0.15) is 50.5 Å². The number of aryl methyl sites for hydroxylation is 1. The maximum Gasteiger partial charge on any atom is 0.0945 e. The van der Waals surface area contributed by atoms with Crippen molar-refractivity contribution in [3.05, 3.63) is 53.6 Å². The second-order valence-electron chi connectivity index (χ2n) is 6.19. The summed E-state index contributed by atoms with van der Waals surface area (Å²) < 4.78 is 2.13. The van der Waals surface area contributed by atoms with Crippen molar-refractivity contribution in [1.82, 2.24) is 9.55 Å². The number of unbranched alkanes of at least 4 members (excludes halogenated alkanes) is 5. The van der Waals surface area contributed by atoms with Crippen molar-refractivity contribution in [2.75, 3.05) is 0 Å². The molecule has 1 atom stereocenters. The molecule has 0 aliphatic rings. The maximum absolute atomic E-state index is 10.1. The van der Waals surface area contributed by atoms with E-state index in [1.165, 1.54) is 32.1 Å². The van der Waals surface area contributed by atoms with E-state index < -0.39 is 0 Å². The number of benzene rings is 1. The van der Waals surface area contributed by atoms with Gasteiger partial charge in [-0.3, -0.25) is 0 Å². The number of imidazole rings is 1. The molecule has 2 aromatic rings. The summed E-state index contributed by atoms with van der Waals surface area (Å²) in [5, 5.41) is 10.8. The van der Waals surface area contributed by atoms with Crippen molar-refractivity contribution in [2.45, 2.75) is 64.0 Å². The highest BCUT2D eigenvalue weighted by atomic mass is 35.5. The molecule has 23 heavy (non-hydrogen) atoms. The summed E-state index contributed by atoms with van der Waals surface area (Å²) in [4.78, 5) is 4.04. The van der Waals surface area contributed by atoms with Gasteiger partial charge in [0.2, 0.25) is 0 Å². The molecule has 1 N–H and O–H groups in total. The Morgan fingerprint density at radius 3 is 2.39 bits per heavy atom. The minimum atomic E-state index is -0.239. The van der Waals surface area contributed by atoms with Gasteiger partial charge in [-0.1, -0.05) is 55.8 Å². The van der Waals surface area contributed by atoms with E-state index in [0.29, 0.717) is 0 Å². The topological polar surface area (TPSA) is 38.0 Å². The largest absolute Gasteiger partial charge is 0.393 e. The van der Waals surface area contributed by atoms with Gasteiger partial charge in [0.05, 0.1) is 12.4 Å². The molecule has 0 saturated heterocycles. The zero-order chi connectivity index (χ0) is 16.3. The second-order valence-corrected chi connectivity index (χ2v) is 6.63. The summed E-state index contributed by atoms with van der Waals surface area (Å²) in [5.74, 6) is 0. The van der Waals surface area contributed by atoms with Gasteiger partial charge in [0.25, 0.3) is 0 Å². The van der Waals surface area contributed by atoms with E-state index in [0.717, 1.165) is 36.4 Å². The number of aliphatic hydroxyl groups is 1. The van der Waals surface area contributed by atoms with Crippen LogP contribution in [0.2, 0.25) is 5.02 Å². The molecule has 0 bridgehead atoms. The van der Waals surface area contributed by atoms with Gasteiger partial charge in [0, 0.05) is 24.0 Å². The SMILES string of the molecule is OC(CCCCCCCCn1ccnc1)Cc1ccc(Cl)cc1. The summed E-state index contributed by atoms with van der Waals surface area (Å²) in [6.45, 7) is 1.07. The maximum atomic E-state index is 10.1. The summed E-state index contributed by atoms with van der Waals surface area (Å²) >= 11 is 5.86. The molecule has 0 amide bonds. The summed E-state index contributed by atoms with van der Waals surface area (Å²) in [7, 11) is 0. The molecule has 126 valence electrons. The zero-order valence-electron chi connectivity index (χ0n) is 13.7. The molecule has 4 heteroatoms. The molecule has 0 spiro atoms. The Morgan fingerprint density at radius 1 is 1.00 bits per heavy atom. The molecule has 3 nitrogen and oxygen atoms in total. The molecule has 1 heterocycles. The Bertz CT molecular complexity index is 525. The van der Waals surface area contributed by atoms with Gasteiger partial charge in [0.15, 0.2) is 0 Å². The van der Waals surface area contributed by atoms with Crippen molar-refractivity contribution in [2.24, 2.45) is 0 Å². The lowest BCUT2D eigenvalue weighted by Crippen LogP contribution is -2.10. The van der Waals surface area contributed by atoms with Gasteiger partial charge in [-0.15, -0.1) is 0 Å². The highest BCUT2D eigenvalue weighted by molar-refractivity contribution is 6.30. The molecule has 0 radical (unpaired) electrons. The van der Waals surface area contributed by atoms with Gasteiger partial charge < -0.3 is 9.67 Å². The van der Waals surface area contributed by atoms with Crippen LogP contribution < -0.4 is 0 Å². The Balaban J connectivity index is 1.44. The predicted octanol–water partition coefficient (Wildman–Crippen LogP) is 4.87. The number of rotatable bonds is 11. The molecule has 0 aliphatic carbocycles. The van der Waals surface area contributed by atoms with Gasteiger partial charge in [-0.25, -0.2) is 4.98 Å². The molecule has 1 aromatic carbocycles. The van der Waals surface area contributed by atoms with E-state index in [2.05, 4.69) is 9.55 Å². The van der Waals surface area contributed by atoms with E-state index in [-0.39, 0.29) is 6.10 Å². The minimum absolute atomic E-state index is 0.239.